The van der Waals surface area contributed by atoms with Gasteiger partial charge in [-0.2, -0.15) is 0 Å². The molecule has 0 aliphatic carbocycles. The third kappa shape index (κ3) is 3.76. The summed E-state index contributed by atoms with van der Waals surface area (Å²) < 4.78 is 0. The predicted molar refractivity (Wildman–Crippen MR) is 71.7 cm³/mol. The maximum Gasteiger partial charge on any atom is 0.333 e. The molecule has 0 unspecified atom stereocenters. The lowest BCUT2D eigenvalue weighted by atomic mass is 9.71. The number of aliphatic carboxylic acids is 1. The highest BCUT2D eigenvalue weighted by Gasteiger charge is 2.35. The van der Waals surface area contributed by atoms with Gasteiger partial charge in [0.15, 0.2) is 0 Å². The van der Waals surface area contributed by atoms with Gasteiger partial charge in [0, 0.05) is 11.1 Å². The highest BCUT2D eigenvalue weighted by molar-refractivity contribution is 5.89. The summed E-state index contributed by atoms with van der Waals surface area (Å²) in [6.07, 6.45) is 5.11. The number of nitrogens with two attached hydrogens (primary N) is 1. The van der Waals surface area contributed by atoms with E-state index in [2.05, 4.69) is 20.8 Å². The van der Waals surface area contributed by atoms with Crippen LogP contribution in [0.15, 0.2) is 11.3 Å². The maximum absolute atomic E-state index is 11.5. The van der Waals surface area contributed by atoms with Gasteiger partial charge in [0.1, 0.15) is 0 Å². The monoisotopic (exact) mass is 241 g/mol. The summed E-state index contributed by atoms with van der Waals surface area (Å²) in [6, 6.07) is 0. The van der Waals surface area contributed by atoms with Crippen molar-refractivity contribution in [3.8, 4) is 0 Å². The summed E-state index contributed by atoms with van der Waals surface area (Å²) in [6.45, 7) is 8.23. The van der Waals surface area contributed by atoms with E-state index in [9.17, 15) is 9.90 Å². The summed E-state index contributed by atoms with van der Waals surface area (Å²) in [5, 5.41) is 9.46. The molecule has 0 aromatic rings. The molecule has 0 rings (SSSR count). The zero-order valence-corrected chi connectivity index (χ0v) is 11.7. The van der Waals surface area contributed by atoms with Crippen LogP contribution in [0.25, 0.3) is 0 Å². The molecule has 0 saturated heterocycles. The number of hydrogen-bond donors (Lipinski definition) is 2. The van der Waals surface area contributed by atoms with E-state index in [-0.39, 0.29) is 5.41 Å². The van der Waals surface area contributed by atoms with Crippen molar-refractivity contribution in [3.63, 3.8) is 0 Å². The van der Waals surface area contributed by atoms with Crippen LogP contribution >= 0.6 is 0 Å². The lowest BCUT2D eigenvalue weighted by Gasteiger charge is -2.33. The van der Waals surface area contributed by atoms with Crippen LogP contribution in [0.5, 0.6) is 0 Å². The van der Waals surface area contributed by atoms with Crippen molar-refractivity contribution in [2.24, 2.45) is 11.1 Å². The van der Waals surface area contributed by atoms with Crippen LogP contribution in [0.2, 0.25) is 0 Å². The molecule has 0 aliphatic rings. The molecular weight excluding hydrogens is 214 g/mol. The van der Waals surface area contributed by atoms with Crippen LogP contribution in [0, 0.1) is 5.41 Å². The molecule has 0 amide bonds. The lowest BCUT2D eigenvalue weighted by Crippen LogP contribution is -2.30. The Bertz CT molecular complexity index is 278. The SMILES string of the molecule is CCC/C(N)=C(/C(=O)O)C(CC)(CC)CCC. The summed E-state index contributed by atoms with van der Waals surface area (Å²) in [7, 11) is 0. The van der Waals surface area contributed by atoms with Crippen LogP contribution in [-0.4, -0.2) is 11.1 Å². The Morgan fingerprint density at radius 1 is 1.12 bits per heavy atom. The van der Waals surface area contributed by atoms with E-state index < -0.39 is 5.97 Å². The zero-order chi connectivity index (χ0) is 13.5. The Balaban J connectivity index is 5.53. The fraction of sp³-hybridized carbons (Fsp3) is 0.786. The third-order valence-electron chi connectivity index (χ3n) is 3.67. The van der Waals surface area contributed by atoms with Crippen molar-refractivity contribution in [2.75, 3.05) is 0 Å². The average molecular weight is 241 g/mol. The van der Waals surface area contributed by atoms with Crippen LogP contribution in [0.3, 0.4) is 0 Å². The summed E-state index contributed by atoms with van der Waals surface area (Å²) in [4.78, 5) is 11.5. The van der Waals surface area contributed by atoms with E-state index in [0.717, 1.165) is 32.1 Å². The van der Waals surface area contributed by atoms with E-state index >= 15 is 0 Å². The standard InChI is InChI=1S/C14H27NO2/c1-5-9-11(15)12(13(16)17)14(7-3,8-4)10-6-2/h5-10,15H2,1-4H3,(H,16,17)/b12-11+. The number of carboxylic acids is 1. The molecule has 0 radical (unpaired) electrons. The Labute approximate surface area is 105 Å². The van der Waals surface area contributed by atoms with Crippen LogP contribution in [0.1, 0.15) is 66.2 Å². The maximum atomic E-state index is 11.5. The molecule has 3 N–H and O–H groups in total. The second kappa shape index (κ2) is 7.36. The van der Waals surface area contributed by atoms with E-state index in [4.69, 9.17) is 5.73 Å². The molecule has 17 heavy (non-hydrogen) atoms. The van der Waals surface area contributed by atoms with Crippen LogP contribution in [0.4, 0.5) is 0 Å². The molecule has 0 fully saturated rings. The largest absolute Gasteiger partial charge is 0.478 e. The second-order valence-electron chi connectivity index (χ2n) is 4.69. The molecule has 100 valence electrons. The highest BCUT2D eigenvalue weighted by Crippen LogP contribution is 2.41. The molecule has 3 nitrogen and oxygen atoms in total. The highest BCUT2D eigenvalue weighted by atomic mass is 16.4. The van der Waals surface area contributed by atoms with Crippen molar-refractivity contribution < 1.29 is 9.90 Å². The molecule has 3 heteroatoms. The molecule has 0 aromatic heterocycles. The van der Waals surface area contributed by atoms with Crippen LogP contribution < -0.4 is 5.73 Å². The number of carboxylic acid groups (broad SMARTS) is 1. The van der Waals surface area contributed by atoms with Gasteiger partial charge in [-0.25, -0.2) is 4.79 Å². The quantitative estimate of drug-likeness (QED) is 0.637. The Hall–Kier alpha value is -0.990. The number of hydrogen-bond acceptors (Lipinski definition) is 2. The summed E-state index contributed by atoms with van der Waals surface area (Å²) in [5.41, 5.74) is 6.78. The van der Waals surface area contributed by atoms with Gasteiger partial charge in [-0.3, -0.25) is 0 Å². The van der Waals surface area contributed by atoms with Gasteiger partial charge < -0.3 is 10.8 Å². The Morgan fingerprint density at radius 2 is 1.65 bits per heavy atom. The Morgan fingerprint density at radius 3 is 1.94 bits per heavy atom. The van der Waals surface area contributed by atoms with Crippen molar-refractivity contribution in [1.29, 1.82) is 0 Å². The van der Waals surface area contributed by atoms with Crippen LogP contribution in [-0.2, 0) is 4.79 Å². The number of allylic oxidation sites excluding steroid dienone is 1. The van der Waals surface area contributed by atoms with Gasteiger partial charge in [-0.05, 0) is 25.7 Å². The number of carbonyl (C=O) groups is 1. The van der Waals surface area contributed by atoms with Gasteiger partial charge in [0.2, 0.25) is 0 Å². The second-order valence-corrected chi connectivity index (χ2v) is 4.69. The first-order chi connectivity index (χ1) is 7.98. The predicted octanol–water partition coefficient (Wildman–Crippen LogP) is 3.69. The number of rotatable bonds is 8. The third-order valence-corrected chi connectivity index (χ3v) is 3.67. The van der Waals surface area contributed by atoms with Gasteiger partial charge in [0.05, 0.1) is 5.57 Å². The molecular formula is C14H27NO2. The normalized spacial score (nSPS) is 13.4. The van der Waals surface area contributed by atoms with E-state index in [1.54, 1.807) is 0 Å². The smallest absolute Gasteiger partial charge is 0.333 e. The van der Waals surface area contributed by atoms with Crippen molar-refractivity contribution in [3.05, 3.63) is 11.3 Å². The molecule has 0 saturated carbocycles. The molecule has 0 aromatic carbocycles. The van der Waals surface area contributed by atoms with Crippen molar-refractivity contribution >= 4 is 5.97 Å². The summed E-state index contributed by atoms with van der Waals surface area (Å²) in [5.74, 6) is -0.840. The van der Waals surface area contributed by atoms with Gasteiger partial charge in [-0.15, -0.1) is 0 Å². The van der Waals surface area contributed by atoms with Crippen molar-refractivity contribution in [2.45, 2.75) is 66.2 Å². The van der Waals surface area contributed by atoms with Gasteiger partial charge in [-0.1, -0.05) is 40.5 Å². The average Bonchev–Trinajstić information content (AvgIpc) is 2.28. The first kappa shape index (κ1) is 16.0. The van der Waals surface area contributed by atoms with E-state index in [1.165, 1.54) is 0 Å². The molecule has 0 aliphatic heterocycles. The minimum atomic E-state index is -0.840. The topological polar surface area (TPSA) is 63.3 Å². The fourth-order valence-electron chi connectivity index (χ4n) is 2.66. The minimum Gasteiger partial charge on any atom is -0.478 e. The minimum absolute atomic E-state index is 0.250. The van der Waals surface area contributed by atoms with E-state index in [1.807, 2.05) is 6.92 Å². The van der Waals surface area contributed by atoms with E-state index in [0.29, 0.717) is 17.7 Å². The molecule has 0 spiro atoms. The Kier molecular flexibility index (Phi) is 6.93. The molecule has 0 heterocycles. The first-order valence-corrected chi connectivity index (χ1v) is 6.71. The molecule has 0 atom stereocenters. The zero-order valence-electron chi connectivity index (χ0n) is 11.7. The van der Waals surface area contributed by atoms with Crippen molar-refractivity contribution in [1.82, 2.24) is 0 Å². The first-order valence-electron chi connectivity index (χ1n) is 6.71. The van der Waals surface area contributed by atoms with Gasteiger partial charge in [0.25, 0.3) is 0 Å². The fourth-order valence-corrected chi connectivity index (χ4v) is 2.66. The molecule has 0 bridgehead atoms. The van der Waals surface area contributed by atoms with Gasteiger partial charge >= 0.3 is 5.97 Å². The summed E-state index contributed by atoms with van der Waals surface area (Å²) >= 11 is 0. The lowest BCUT2D eigenvalue weighted by molar-refractivity contribution is -0.134.